The van der Waals surface area contributed by atoms with E-state index in [-0.39, 0.29) is 35.0 Å². The van der Waals surface area contributed by atoms with Crippen LogP contribution in [0.2, 0.25) is 0 Å². The summed E-state index contributed by atoms with van der Waals surface area (Å²) in [6, 6.07) is 5.09. The first-order valence-electron chi connectivity index (χ1n) is 8.76. The molecule has 0 spiro atoms. The number of carbonyl (C=O) groups excluding carboxylic acids is 3. The van der Waals surface area contributed by atoms with Crippen molar-refractivity contribution < 1.29 is 27.5 Å². The van der Waals surface area contributed by atoms with Gasteiger partial charge in [-0.15, -0.1) is 0 Å². The van der Waals surface area contributed by atoms with Gasteiger partial charge in [-0.1, -0.05) is 6.07 Å². The second kappa shape index (κ2) is 10.2. The average molecular weight is 413 g/mol. The molecule has 0 saturated carbocycles. The van der Waals surface area contributed by atoms with Crippen LogP contribution in [0.5, 0.6) is 0 Å². The highest BCUT2D eigenvalue weighted by Gasteiger charge is 2.24. The normalized spacial score (nSPS) is 11.6. The van der Waals surface area contributed by atoms with Crippen LogP contribution in [0, 0.1) is 0 Å². The Labute approximate surface area is 165 Å². The van der Waals surface area contributed by atoms with Gasteiger partial charge >= 0.3 is 5.97 Å². The summed E-state index contributed by atoms with van der Waals surface area (Å²) in [4.78, 5) is 35.2. The Bertz CT molecular complexity index is 820. The SMILES string of the molecule is CC(C)NC(=O)CNC(=O)COC(=O)c1cccc(S(=O)(=O)N(C)C(C)C)c1. The van der Waals surface area contributed by atoms with E-state index in [4.69, 9.17) is 4.74 Å². The fourth-order valence-electron chi connectivity index (χ4n) is 2.04. The van der Waals surface area contributed by atoms with Crippen molar-refractivity contribution >= 4 is 27.8 Å². The monoisotopic (exact) mass is 413 g/mol. The molecular formula is C18H27N3O6S. The maximum absolute atomic E-state index is 12.5. The van der Waals surface area contributed by atoms with Crippen LogP contribution >= 0.6 is 0 Å². The lowest BCUT2D eigenvalue weighted by Gasteiger charge is -2.21. The number of carbonyl (C=O) groups is 3. The molecule has 9 nitrogen and oxygen atoms in total. The minimum Gasteiger partial charge on any atom is -0.452 e. The number of nitrogens with zero attached hydrogens (tertiary/aromatic N) is 1. The van der Waals surface area contributed by atoms with Gasteiger partial charge in [0.25, 0.3) is 5.91 Å². The lowest BCUT2D eigenvalue weighted by molar-refractivity contribution is -0.128. The molecule has 2 N–H and O–H groups in total. The zero-order valence-electron chi connectivity index (χ0n) is 16.7. The second-order valence-corrected chi connectivity index (χ2v) is 8.72. The summed E-state index contributed by atoms with van der Waals surface area (Å²) in [5, 5.41) is 4.93. The van der Waals surface area contributed by atoms with Gasteiger partial charge < -0.3 is 15.4 Å². The van der Waals surface area contributed by atoms with Gasteiger partial charge in [0.2, 0.25) is 15.9 Å². The van der Waals surface area contributed by atoms with Gasteiger partial charge in [-0.05, 0) is 45.9 Å². The Balaban J connectivity index is 2.69. The van der Waals surface area contributed by atoms with E-state index in [1.165, 1.54) is 35.6 Å². The Morgan fingerprint density at radius 2 is 1.75 bits per heavy atom. The van der Waals surface area contributed by atoms with E-state index < -0.39 is 28.5 Å². The first kappa shape index (κ1) is 23.6. The number of esters is 1. The topological polar surface area (TPSA) is 122 Å². The highest BCUT2D eigenvalue weighted by molar-refractivity contribution is 7.89. The molecule has 1 aromatic rings. The van der Waals surface area contributed by atoms with Crippen molar-refractivity contribution in [3.05, 3.63) is 29.8 Å². The van der Waals surface area contributed by atoms with Gasteiger partial charge in [0.05, 0.1) is 17.0 Å². The van der Waals surface area contributed by atoms with Crippen molar-refractivity contribution in [2.24, 2.45) is 0 Å². The van der Waals surface area contributed by atoms with Crippen LogP contribution in [0.25, 0.3) is 0 Å². The van der Waals surface area contributed by atoms with E-state index in [0.717, 1.165) is 0 Å². The van der Waals surface area contributed by atoms with Crippen molar-refractivity contribution in [2.75, 3.05) is 20.2 Å². The lowest BCUT2D eigenvalue weighted by Crippen LogP contribution is -2.41. The Morgan fingerprint density at radius 3 is 2.32 bits per heavy atom. The lowest BCUT2D eigenvalue weighted by atomic mass is 10.2. The molecule has 0 unspecified atom stereocenters. The molecule has 0 aliphatic heterocycles. The summed E-state index contributed by atoms with van der Waals surface area (Å²) in [5.74, 6) is -1.84. The fourth-order valence-corrected chi connectivity index (χ4v) is 3.46. The minimum absolute atomic E-state index is 0.00332. The quantitative estimate of drug-likeness (QED) is 0.569. The van der Waals surface area contributed by atoms with E-state index in [9.17, 15) is 22.8 Å². The standard InChI is InChI=1S/C18H27N3O6S/c1-12(2)20-16(22)10-19-17(23)11-27-18(24)14-7-6-8-15(9-14)28(25,26)21(5)13(3)4/h6-9,12-13H,10-11H2,1-5H3,(H,19,23)(H,20,22). The summed E-state index contributed by atoms with van der Waals surface area (Å²) in [6.45, 7) is 6.22. The number of amides is 2. The number of sulfonamides is 1. The van der Waals surface area contributed by atoms with Crippen molar-refractivity contribution in [3.8, 4) is 0 Å². The molecule has 0 heterocycles. The van der Waals surface area contributed by atoms with Gasteiger partial charge in [0, 0.05) is 19.1 Å². The van der Waals surface area contributed by atoms with Gasteiger partial charge in [0.1, 0.15) is 0 Å². The molecule has 2 amide bonds. The largest absolute Gasteiger partial charge is 0.452 e. The molecule has 0 saturated heterocycles. The van der Waals surface area contributed by atoms with E-state index in [1.54, 1.807) is 27.7 Å². The number of nitrogens with one attached hydrogen (secondary N) is 2. The molecule has 0 aliphatic rings. The van der Waals surface area contributed by atoms with Gasteiger partial charge in [-0.2, -0.15) is 4.31 Å². The van der Waals surface area contributed by atoms with Gasteiger partial charge in [-0.25, -0.2) is 13.2 Å². The Morgan fingerprint density at radius 1 is 1.11 bits per heavy atom. The predicted molar refractivity (Wildman–Crippen MR) is 103 cm³/mol. The van der Waals surface area contributed by atoms with Crippen molar-refractivity contribution in [1.29, 1.82) is 0 Å². The number of hydrogen-bond acceptors (Lipinski definition) is 6. The van der Waals surface area contributed by atoms with Crippen LogP contribution in [-0.2, 0) is 24.3 Å². The van der Waals surface area contributed by atoms with Crippen LogP contribution in [0.4, 0.5) is 0 Å². The van der Waals surface area contributed by atoms with Gasteiger partial charge in [-0.3, -0.25) is 9.59 Å². The molecule has 0 atom stereocenters. The number of rotatable bonds is 9. The predicted octanol–water partition coefficient (Wildman–Crippen LogP) is 0.513. The zero-order chi connectivity index (χ0) is 21.5. The number of benzene rings is 1. The smallest absolute Gasteiger partial charge is 0.338 e. The van der Waals surface area contributed by atoms with Crippen LogP contribution in [-0.4, -0.2) is 62.8 Å². The summed E-state index contributed by atoms with van der Waals surface area (Å²) in [7, 11) is -2.30. The van der Waals surface area contributed by atoms with Gasteiger partial charge in [0.15, 0.2) is 6.61 Å². The summed E-state index contributed by atoms with van der Waals surface area (Å²) < 4.78 is 31.1. The van der Waals surface area contributed by atoms with E-state index in [1.807, 2.05) is 0 Å². The fraction of sp³-hybridized carbons (Fsp3) is 0.500. The number of ether oxygens (including phenoxy) is 1. The molecule has 10 heteroatoms. The molecule has 156 valence electrons. The third kappa shape index (κ3) is 6.93. The van der Waals surface area contributed by atoms with E-state index >= 15 is 0 Å². The maximum Gasteiger partial charge on any atom is 0.338 e. The molecule has 0 radical (unpaired) electrons. The van der Waals surface area contributed by atoms with Crippen molar-refractivity contribution in [3.63, 3.8) is 0 Å². The molecule has 28 heavy (non-hydrogen) atoms. The van der Waals surface area contributed by atoms with Crippen molar-refractivity contribution in [2.45, 2.75) is 44.7 Å². The summed E-state index contributed by atoms with van der Waals surface area (Å²) in [6.07, 6.45) is 0. The van der Waals surface area contributed by atoms with Crippen LogP contribution in [0.1, 0.15) is 38.1 Å². The first-order chi connectivity index (χ1) is 12.9. The summed E-state index contributed by atoms with van der Waals surface area (Å²) >= 11 is 0. The first-order valence-corrected chi connectivity index (χ1v) is 10.2. The van der Waals surface area contributed by atoms with Crippen LogP contribution in [0.15, 0.2) is 29.2 Å². The highest BCUT2D eigenvalue weighted by Crippen LogP contribution is 2.18. The summed E-state index contributed by atoms with van der Waals surface area (Å²) in [5.41, 5.74) is 0.00332. The zero-order valence-corrected chi connectivity index (χ0v) is 17.5. The Hall–Kier alpha value is -2.46. The third-order valence-corrected chi connectivity index (χ3v) is 5.73. The molecule has 0 bridgehead atoms. The average Bonchev–Trinajstić information content (AvgIpc) is 2.63. The van der Waals surface area contributed by atoms with Crippen molar-refractivity contribution in [1.82, 2.24) is 14.9 Å². The number of hydrogen-bond donors (Lipinski definition) is 2. The Kier molecular flexibility index (Phi) is 8.58. The molecule has 0 aromatic heterocycles. The van der Waals surface area contributed by atoms with Crippen LogP contribution < -0.4 is 10.6 Å². The third-order valence-electron chi connectivity index (χ3n) is 3.70. The molecular weight excluding hydrogens is 386 g/mol. The molecule has 0 fully saturated rings. The van der Waals surface area contributed by atoms with Crippen LogP contribution in [0.3, 0.4) is 0 Å². The molecule has 1 rings (SSSR count). The highest BCUT2D eigenvalue weighted by atomic mass is 32.2. The van der Waals surface area contributed by atoms with E-state index in [2.05, 4.69) is 10.6 Å². The maximum atomic E-state index is 12.5. The molecule has 1 aromatic carbocycles. The molecule has 0 aliphatic carbocycles. The minimum atomic E-state index is -3.75. The van der Waals surface area contributed by atoms with E-state index in [0.29, 0.717) is 0 Å². The second-order valence-electron chi connectivity index (χ2n) is 6.72.